The number of halogens is 1. The molecule has 1 heterocycles. The number of amides is 3. The largest absolute Gasteiger partial charge is 0.504 e. The molecule has 7 nitrogen and oxygen atoms in total. The summed E-state index contributed by atoms with van der Waals surface area (Å²) in [5, 5.41) is 18.5. The van der Waals surface area contributed by atoms with E-state index < -0.39 is 12.1 Å². The van der Waals surface area contributed by atoms with Gasteiger partial charge in [0.05, 0.1) is 18.7 Å². The summed E-state index contributed by atoms with van der Waals surface area (Å²) in [5.41, 5.74) is 2.80. The predicted octanol–water partition coefficient (Wildman–Crippen LogP) is 3.63. The molecule has 1 atom stereocenters. The first-order valence-electron chi connectivity index (χ1n) is 8.53. The maximum absolute atomic E-state index is 13.0. The van der Waals surface area contributed by atoms with E-state index in [1.807, 2.05) is 13.0 Å². The van der Waals surface area contributed by atoms with Crippen molar-refractivity contribution in [3.63, 3.8) is 0 Å². The number of allylic oxidation sites excluding steroid dienone is 1. The number of carbonyl (C=O) groups excluding carboxylic acids is 2. The first-order valence-corrected chi connectivity index (χ1v) is 8.90. The van der Waals surface area contributed by atoms with E-state index in [1.54, 1.807) is 31.2 Å². The Labute approximate surface area is 167 Å². The van der Waals surface area contributed by atoms with Crippen LogP contribution in [-0.4, -0.2) is 24.2 Å². The normalized spacial score (nSPS) is 16.3. The summed E-state index contributed by atoms with van der Waals surface area (Å²) in [6.45, 7) is 3.52. The molecule has 0 aliphatic carbocycles. The molecule has 0 saturated heterocycles. The van der Waals surface area contributed by atoms with Gasteiger partial charge < -0.3 is 25.8 Å². The number of hydrogen-bond acceptors (Lipinski definition) is 4. The average Bonchev–Trinajstić information content (AvgIpc) is 2.64. The summed E-state index contributed by atoms with van der Waals surface area (Å²) in [4.78, 5) is 25.0. The molecule has 146 valence electrons. The molecule has 0 spiro atoms. The zero-order valence-corrected chi connectivity index (χ0v) is 16.3. The molecule has 0 fully saturated rings. The van der Waals surface area contributed by atoms with Gasteiger partial charge >= 0.3 is 6.03 Å². The molecule has 0 aromatic heterocycles. The summed E-state index contributed by atoms with van der Waals surface area (Å²) in [5.74, 6) is -0.178. The third-order valence-corrected chi connectivity index (χ3v) is 4.89. The third-order valence-electron chi connectivity index (χ3n) is 4.48. The smallest absolute Gasteiger partial charge is 0.319 e. The SMILES string of the molecule is COc1cc([C@@H]2NC(=O)NC(C)=C2C(=O)Nc2ccc(C)c(Cl)c2)ccc1O. The second kappa shape index (κ2) is 7.82. The van der Waals surface area contributed by atoms with Gasteiger partial charge in [-0.1, -0.05) is 23.7 Å². The molecule has 0 unspecified atom stereocenters. The number of aryl methyl sites for hydroxylation is 1. The van der Waals surface area contributed by atoms with Gasteiger partial charge in [-0.25, -0.2) is 4.79 Å². The number of anilines is 1. The number of hydrogen-bond donors (Lipinski definition) is 4. The molecular weight excluding hydrogens is 382 g/mol. The van der Waals surface area contributed by atoms with Crippen LogP contribution >= 0.6 is 11.6 Å². The Morgan fingerprint density at radius 3 is 2.64 bits per heavy atom. The number of rotatable bonds is 4. The average molecular weight is 402 g/mol. The fraction of sp³-hybridized carbons (Fsp3) is 0.200. The van der Waals surface area contributed by atoms with E-state index in [4.69, 9.17) is 16.3 Å². The van der Waals surface area contributed by atoms with E-state index in [1.165, 1.54) is 13.2 Å². The summed E-state index contributed by atoms with van der Waals surface area (Å²) >= 11 is 6.13. The van der Waals surface area contributed by atoms with Crippen LogP contribution in [-0.2, 0) is 4.79 Å². The minimum Gasteiger partial charge on any atom is -0.504 e. The van der Waals surface area contributed by atoms with Crippen LogP contribution < -0.4 is 20.7 Å². The summed E-state index contributed by atoms with van der Waals surface area (Å²) in [6, 6.07) is 8.73. The molecule has 1 aliphatic heterocycles. The van der Waals surface area contributed by atoms with E-state index in [0.29, 0.717) is 27.5 Å². The number of nitrogens with one attached hydrogen (secondary N) is 3. The summed E-state index contributed by atoms with van der Waals surface area (Å²) in [7, 11) is 1.43. The number of phenolic OH excluding ortho intramolecular Hbond substituents is 1. The quantitative estimate of drug-likeness (QED) is 0.628. The van der Waals surface area contributed by atoms with Crippen molar-refractivity contribution in [1.82, 2.24) is 10.6 Å². The number of aromatic hydroxyl groups is 1. The van der Waals surface area contributed by atoms with Crippen LogP contribution in [0.3, 0.4) is 0 Å². The van der Waals surface area contributed by atoms with Gasteiger partial charge in [0.2, 0.25) is 0 Å². The fourth-order valence-electron chi connectivity index (χ4n) is 2.99. The van der Waals surface area contributed by atoms with Crippen molar-refractivity contribution in [3.05, 3.63) is 63.8 Å². The Balaban J connectivity index is 1.97. The highest BCUT2D eigenvalue weighted by molar-refractivity contribution is 6.31. The maximum atomic E-state index is 13.0. The zero-order chi connectivity index (χ0) is 20.4. The number of carbonyl (C=O) groups is 2. The van der Waals surface area contributed by atoms with E-state index >= 15 is 0 Å². The van der Waals surface area contributed by atoms with Gasteiger partial charge in [-0.2, -0.15) is 0 Å². The lowest BCUT2D eigenvalue weighted by Crippen LogP contribution is -2.45. The number of methoxy groups -OCH3 is 1. The van der Waals surface area contributed by atoms with Crippen molar-refractivity contribution in [2.75, 3.05) is 12.4 Å². The lowest BCUT2D eigenvalue weighted by Gasteiger charge is -2.29. The summed E-state index contributed by atoms with van der Waals surface area (Å²) < 4.78 is 5.14. The number of phenols is 1. The van der Waals surface area contributed by atoms with E-state index in [2.05, 4.69) is 16.0 Å². The maximum Gasteiger partial charge on any atom is 0.319 e. The molecule has 0 saturated carbocycles. The molecule has 4 N–H and O–H groups in total. The minimum absolute atomic E-state index is 0.0347. The number of benzene rings is 2. The monoisotopic (exact) mass is 401 g/mol. The van der Waals surface area contributed by atoms with Crippen molar-refractivity contribution in [1.29, 1.82) is 0 Å². The van der Waals surface area contributed by atoms with Crippen LogP contribution in [0.15, 0.2) is 47.7 Å². The van der Waals surface area contributed by atoms with E-state index in [9.17, 15) is 14.7 Å². The van der Waals surface area contributed by atoms with E-state index in [0.717, 1.165) is 5.56 Å². The first kappa shape index (κ1) is 19.6. The highest BCUT2D eigenvalue weighted by Crippen LogP contribution is 2.34. The number of ether oxygens (including phenoxy) is 1. The minimum atomic E-state index is -0.718. The molecular formula is C20H20ClN3O4. The molecule has 2 aromatic rings. The second-order valence-electron chi connectivity index (χ2n) is 6.42. The van der Waals surface area contributed by atoms with Crippen molar-refractivity contribution in [2.24, 2.45) is 0 Å². The van der Waals surface area contributed by atoms with Gasteiger partial charge in [-0.3, -0.25) is 4.79 Å². The highest BCUT2D eigenvalue weighted by Gasteiger charge is 2.31. The van der Waals surface area contributed by atoms with Crippen LogP contribution in [0.4, 0.5) is 10.5 Å². The molecule has 0 radical (unpaired) electrons. The van der Waals surface area contributed by atoms with Crippen LogP contribution in [0.25, 0.3) is 0 Å². The third kappa shape index (κ3) is 3.89. The summed E-state index contributed by atoms with van der Waals surface area (Å²) in [6.07, 6.45) is 0. The van der Waals surface area contributed by atoms with Crippen molar-refractivity contribution < 1.29 is 19.4 Å². The van der Waals surface area contributed by atoms with Crippen molar-refractivity contribution in [3.8, 4) is 11.5 Å². The van der Waals surface area contributed by atoms with Gasteiger partial charge in [0.25, 0.3) is 5.91 Å². The molecule has 3 amide bonds. The Morgan fingerprint density at radius 2 is 1.96 bits per heavy atom. The Hall–Kier alpha value is -3.19. The lowest BCUT2D eigenvalue weighted by molar-refractivity contribution is -0.113. The Bertz CT molecular complexity index is 987. The standard InChI is InChI=1S/C20H20ClN3O4/c1-10-4-6-13(9-14(10)21)23-19(26)17-11(2)22-20(27)24-18(17)12-5-7-15(25)16(8-12)28-3/h4-9,18,25H,1-3H3,(H,23,26)(H2,22,24,27)/t18-/m0/s1. The number of urea groups is 1. The molecule has 28 heavy (non-hydrogen) atoms. The van der Waals surface area contributed by atoms with Crippen LogP contribution in [0.2, 0.25) is 5.02 Å². The topological polar surface area (TPSA) is 99.7 Å². The van der Waals surface area contributed by atoms with Gasteiger partial charge in [0, 0.05) is 16.4 Å². The van der Waals surface area contributed by atoms with Gasteiger partial charge in [0.1, 0.15) is 0 Å². The molecule has 8 heteroatoms. The molecule has 2 aromatic carbocycles. The van der Waals surface area contributed by atoms with Crippen LogP contribution in [0, 0.1) is 6.92 Å². The Kier molecular flexibility index (Phi) is 5.46. The second-order valence-corrected chi connectivity index (χ2v) is 6.83. The zero-order valence-electron chi connectivity index (χ0n) is 15.6. The first-order chi connectivity index (χ1) is 13.3. The predicted molar refractivity (Wildman–Crippen MR) is 107 cm³/mol. The van der Waals surface area contributed by atoms with E-state index in [-0.39, 0.29) is 17.4 Å². The fourth-order valence-corrected chi connectivity index (χ4v) is 3.17. The lowest BCUT2D eigenvalue weighted by atomic mass is 9.94. The van der Waals surface area contributed by atoms with Crippen LogP contribution in [0.5, 0.6) is 11.5 Å². The molecule has 0 bridgehead atoms. The van der Waals surface area contributed by atoms with Crippen LogP contribution in [0.1, 0.15) is 24.1 Å². The Morgan fingerprint density at radius 1 is 1.21 bits per heavy atom. The van der Waals surface area contributed by atoms with Crippen molar-refractivity contribution >= 4 is 29.2 Å². The molecule has 3 rings (SSSR count). The highest BCUT2D eigenvalue weighted by atomic mass is 35.5. The molecule has 1 aliphatic rings. The van der Waals surface area contributed by atoms with Gasteiger partial charge in [-0.05, 0) is 49.2 Å². The van der Waals surface area contributed by atoms with Crippen molar-refractivity contribution in [2.45, 2.75) is 19.9 Å². The van der Waals surface area contributed by atoms with Gasteiger partial charge in [-0.15, -0.1) is 0 Å². The van der Waals surface area contributed by atoms with Gasteiger partial charge in [0.15, 0.2) is 11.5 Å².